The van der Waals surface area contributed by atoms with Gasteiger partial charge in [0.2, 0.25) is 10.0 Å². The predicted octanol–water partition coefficient (Wildman–Crippen LogP) is 2.16. The van der Waals surface area contributed by atoms with Gasteiger partial charge in [-0.05, 0) is 36.4 Å². The molecule has 0 saturated carbocycles. The number of nitrogens with zero attached hydrogens (tertiary/aromatic N) is 2. The van der Waals surface area contributed by atoms with Crippen molar-refractivity contribution >= 4 is 32.0 Å². The highest BCUT2D eigenvalue weighted by molar-refractivity contribution is 7.89. The molecule has 0 aliphatic heterocycles. The van der Waals surface area contributed by atoms with Crippen LogP contribution in [0.2, 0.25) is 0 Å². The smallest absolute Gasteiger partial charge is 0.336 e. The van der Waals surface area contributed by atoms with E-state index in [9.17, 15) is 13.2 Å². The monoisotopic (exact) mass is 369 g/mol. The molecule has 2 aromatic carbocycles. The van der Waals surface area contributed by atoms with Gasteiger partial charge in [0.25, 0.3) is 0 Å². The van der Waals surface area contributed by atoms with Gasteiger partial charge < -0.3 is 8.98 Å². The van der Waals surface area contributed by atoms with Gasteiger partial charge in [0.05, 0.1) is 22.5 Å². The molecule has 2 aromatic heterocycles. The number of hydrogen-bond acceptors (Lipinski definition) is 5. The highest BCUT2D eigenvalue weighted by atomic mass is 32.2. The summed E-state index contributed by atoms with van der Waals surface area (Å²) in [6.07, 6.45) is 0. The first-order chi connectivity index (χ1) is 12.4. The molecular formula is C18H15N3O4S. The second-order valence-electron chi connectivity index (χ2n) is 5.85. The Hall–Kier alpha value is -2.97. The van der Waals surface area contributed by atoms with Gasteiger partial charge >= 0.3 is 5.63 Å². The molecule has 0 aliphatic rings. The molecule has 1 N–H and O–H groups in total. The van der Waals surface area contributed by atoms with Gasteiger partial charge in [-0.1, -0.05) is 12.1 Å². The van der Waals surface area contributed by atoms with Crippen molar-refractivity contribution < 1.29 is 12.8 Å². The van der Waals surface area contributed by atoms with Crippen LogP contribution < -0.4 is 10.3 Å². The molecule has 0 bridgehead atoms. The third-order valence-corrected chi connectivity index (χ3v) is 5.60. The Morgan fingerprint density at radius 2 is 1.92 bits per heavy atom. The average Bonchev–Trinajstić information content (AvgIpc) is 2.96. The third-order valence-electron chi connectivity index (χ3n) is 4.20. The molecule has 0 atom stereocenters. The van der Waals surface area contributed by atoms with Crippen LogP contribution in [0.25, 0.3) is 22.0 Å². The Labute approximate surface area is 148 Å². The maximum atomic E-state index is 12.6. The lowest BCUT2D eigenvalue weighted by Gasteiger charge is -2.08. The normalized spacial score (nSPS) is 12.0. The van der Waals surface area contributed by atoms with E-state index in [-0.39, 0.29) is 11.4 Å². The van der Waals surface area contributed by atoms with Crippen LogP contribution in [0.1, 0.15) is 5.82 Å². The Morgan fingerprint density at radius 1 is 1.12 bits per heavy atom. The summed E-state index contributed by atoms with van der Waals surface area (Å²) in [5, 5.41) is 0.537. The Bertz CT molecular complexity index is 1290. The fourth-order valence-electron chi connectivity index (χ4n) is 2.81. The van der Waals surface area contributed by atoms with Crippen molar-refractivity contribution in [2.75, 3.05) is 0 Å². The lowest BCUT2D eigenvalue weighted by Crippen LogP contribution is -2.24. The standard InChI is InChI=1S/C18H15N3O4S/c1-21-15-5-3-2-4-14(15)20-17(21)11-19-26(23,24)13-7-8-16-12(10-13)6-9-18(22)25-16/h2-10,19H,11H2,1H3. The maximum absolute atomic E-state index is 12.6. The molecule has 0 unspecified atom stereocenters. The molecule has 0 aliphatic carbocycles. The number of aromatic nitrogens is 2. The van der Waals surface area contributed by atoms with Crippen molar-refractivity contribution in [1.82, 2.24) is 14.3 Å². The molecule has 2 heterocycles. The van der Waals surface area contributed by atoms with Gasteiger partial charge in [0.15, 0.2) is 0 Å². The molecule has 0 radical (unpaired) electrons. The molecule has 8 heteroatoms. The highest BCUT2D eigenvalue weighted by Crippen LogP contribution is 2.19. The summed E-state index contributed by atoms with van der Waals surface area (Å²) in [6.45, 7) is 0.0649. The number of para-hydroxylation sites is 2. The van der Waals surface area contributed by atoms with Gasteiger partial charge in [-0.15, -0.1) is 0 Å². The minimum Gasteiger partial charge on any atom is -0.423 e. The van der Waals surface area contributed by atoms with Crippen LogP contribution in [0.15, 0.2) is 68.7 Å². The van der Waals surface area contributed by atoms with E-state index in [1.165, 1.54) is 30.3 Å². The number of sulfonamides is 1. The zero-order valence-electron chi connectivity index (χ0n) is 13.8. The summed E-state index contributed by atoms with van der Waals surface area (Å²) in [6, 6.07) is 14.7. The number of fused-ring (bicyclic) bond motifs is 2. The van der Waals surface area contributed by atoms with E-state index in [1.807, 2.05) is 35.9 Å². The fraction of sp³-hybridized carbons (Fsp3) is 0.111. The van der Waals surface area contributed by atoms with Gasteiger partial charge in [-0.2, -0.15) is 0 Å². The van der Waals surface area contributed by atoms with Crippen LogP contribution in [0.4, 0.5) is 0 Å². The van der Waals surface area contributed by atoms with Gasteiger partial charge in [0.1, 0.15) is 11.4 Å². The van der Waals surface area contributed by atoms with Crippen molar-refractivity contribution in [2.45, 2.75) is 11.4 Å². The van der Waals surface area contributed by atoms with E-state index in [4.69, 9.17) is 4.42 Å². The average molecular weight is 369 g/mol. The van der Waals surface area contributed by atoms with Crippen molar-refractivity contribution in [3.63, 3.8) is 0 Å². The molecule has 0 fully saturated rings. The van der Waals surface area contributed by atoms with Gasteiger partial charge in [0, 0.05) is 18.5 Å². The molecule has 4 rings (SSSR count). The zero-order chi connectivity index (χ0) is 18.3. The molecule has 26 heavy (non-hydrogen) atoms. The number of nitrogens with one attached hydrogen (secondary N) is 1. The Kier molecular flexibility index (Phi) is 3.86. The van der Waals surface area contributed by atoms with Crippen LogP contribution >= 0.6 is 0 Å². The first-order valence-electron chi connectivity index (χ1n) is 7.88. The number of rotatable bonds is 4. The summed E-state index contributed by atoms with van der Waals surface area (Å²) in [5.41, 5.74) is 1.60. The third kappa shape index (κ3) is 2.89. The minimum atomic E-state index is -3.74. The van der Waals surface area contributed by atoms with E-state index in [2.05, 4.69) is 9.71 Å². The summed E-state index contributed by atoms with van der Waals surface area (Å²) in [7, 11) is -1.89. The molecule has 0 spiro atoms. The molecule has 132 valence electrons. The quantitative estimate of drug-likeness (QED) is 0.556. The second kappa shape index (κ2) is 6.08. The van der Waals surface area contributed by atoms with Crippen LogP contribution in [0, 0.1) is 0 Å². The lowest BCUT2D eigenvalue weighted by molar-refractivity contribution is 0.560. The number of imidazole rings is 1. The van der Waals surface area contributed by atoms with Crippen LogP contribution in [0.5, 0.6) is 0 Å². The Balaban J connectivity index is 1.63. The summed E-state index contributed by atoms with van der Waals surface area (Å²) < 4.78 is 34.6. The van der Waals surface area contributed by atoms with Gasteiger partial charge in [-0.25, -0.2) is 22.9 Å². The lowest BCUT2D eigenvalue weighted by atomic mass is 10.2. The van der Waals surface area contributed by atoms with E-state index in [0.717, 1.165) is 11.0 Å². The summed E-state index contributed by atoms with van der Waals surface area (Å²) >= 11 is 0. The van der Waals surface area contributed by atoms with E-state index in [1.54, 1.807) is 0 Å². The number of aryl methyl sites for hydroxylation is 1. The molecular weight excluding hydrogens is 354 g/mol. The van der Waals surface area contributed by atoms with Gasteiger partial charge in [-0.3, -0.25) is 0 Å². The van der Waals surface area contributed by atoms with E-state index >= 15 is 0 Å². The maximum Gasteiger partial charge on any atom is 0.336 e. The topological polar surface area (TPSA) is 94.2 Å². The predicted molar refractivity (Wildman–Crippen MR) is 97.2 cm³/mol. The molecule has 4 aromatic rings. The Morgan fingerprint density at radius 3 is 2.73 bits per heavy atom. The van der Waals surface area contributed by atoms with E-state index in [0.29, 0.717) is 16.8 Å². The molecule has 0 amide bonds. The highest BCUT2D eigenvalue weighted by Gasteiger charge is 2.17. The first-order valence-corrected chi connectivity index (χ1v) is 9.36. The summed E-state index contributed by atoms with van der Waals surface area (Å²) in [5.74, 6) is 0.613. The molecule has 7 nitrogen and oxygen atoms in total. The second-order valence-corrected chi connectivity index (χ2v) is 7.62. The zero-order valence-corrected chi connectivity index (χ0v) is 14.7. The minimum absolute atomic E-state index is 0.0649. The van der Waals surface area contributed by atoms with Crippen LogP contribution in [-0.4, -0.2) is 18.0 Å². The molecule has 0 saturated heterocycles. The van der Waals surface area contributed by atoms with E-state index < -0.39 is 15.6 Å². The SMILES string of the molecule is Cn1c(CNS(=O)(=O)c2ccc3oc(=O)ccc3c2)nc2ccccc21. The fourth-order valence-corrected chi connectivity index (χ4v) is 3.83. The van der Waals surface area contributed by atoms with Crippen molar-refractivity contribution in [3.05, 3.63) is 70.8 Å². The first kappa shape index (κ1) is 16.5. The summed E-state index contributed by atoms with van der Waals surface area (Å²) in [4.78, 5) is 15.8. The number of benzene rings is 2. The largest absolute Gasteiger partial charge is 0.423 e. The van der Waals surface area contributed by atoms with Crippen molar-refractivity contribution in [3.8, 4) is 0 Å². The number of hydrogen-bond donors (Lipinski definition) is 1. The van der Waals surface area contributed by atoms with Crippen molar-refractivity contribution in [2.24, 2.45) is 7.05 Å². The van der Waals surface area contributed by atoms with Crippen molar-refractivity contribution in [1.29, 1.82) is 0 Å². The van der Waals surface area contributed by atoms with Crippen LogP contribution in [0.3, 0.4) is 0 Å². The van der Waals surface area contributed by atoms with Crippen LogP contribution in [-0.2, 0) is 23.6 Å².